The molecule has 1 aromatic rings. The zero-order chi connectivity index (χ0) is 16.0. The molecule has 0 saturated carbocycles. The monoisotopic (exact) mass is 380 g/mol. The number of benzene rings is 1. The fraction of sp³-hybridized carbons (Fsp3) is 0.538. The van der Waals surface area contributed by atoms with Crippen molar-refractivity contribution in [2.45, 2.75) is 25.9 Å². The largest absolute Gasteiger partial charge is 0.483 e. The molecule has 0 aliphatic heterocycles. The minimum Gasteiger partial charge on any atom is -0.483 e. The first-order valence-electron chi connectivity index (χ1n) is 6.46. The zero-order valence-corrected chi connectivity index (χ0v) is 14.2. The molecule has 6 nitrogen and oxygen atoms in total. The molecule has 0 aromatic heterocycles. The Morgan fingerprint density at radius 1 is 1.57 bits per heavy atom. The smallest absolute Gasteiger partial charge is 0.313 e. The summed E-state index contributed by atoms with van der Waals surface area (Å²) in [6.07, 6.45) is 0.950. The van der Waals surface area contributed by atoms with Crippen LogP contribution in [0.5, 0.6) is 5.75 Å². The fourth-order valence-electron chi connectivity index (χ4n) is 1.64. The van der Waals surface area contributed by atoms with Crippen LogP contribution in [-0.2, 0) is 0 Å². The highest BCUT2D eigenvalue weighted by molar-refractivity contribution is 9.10. The van der Waals surface area contributed by atoms with Crippen molar-refractivity contribution >= 4 is 33.2 Å². The van der Waals surface area contributed by atoms with Gasteiger partial charge >= 0.3 is 5.69 Å². The van der Waals surface area contributed by atoms with Crippen molar-refractivity contribution in [2.75, 3.05) is 19.7 Å². The van der Waals surface area contributed by atoms with Gasteiger partial charge in [0.2, 0.25) is 5.75 Å². The summed E-state index contributed by atoms with van der Waals surface area (Å²) in [6, 6.07) is 2.72. The fourth-order valence-corrected chi connectivity index (χ4v) is 2.55. The van der Waals surface area contributed by atoms with Gasteiger partial charge < -0.3 is 15.2 Å². The molecule has 0 amide bonds. The molecule has 1 atom stereocenters. The SMILES string of the molecule is CCCNCC(C)(O)COc1c(Br)cc(Cl)cc1[N+](=O)[O-]. The van der Waals surface area contributed by atoms with Gasteiger partial charge in [-0.2, -0.15) is 0 Å². The summed E-state index contributed by atoms with van der Waals surface area (Å²) in [7, 11) is 0. The number of aliphatic hydroxyl groups is 1. The third-order valence-electron chi connectivity index (χ3n) is 2.65. The summed E-state index contributed by atoms with van der Waals surface area (Å²) in [5, 5.41) is 24.5. The number of rotatable bonds is 8. The lowest BCUT2D eigenvalue weighted by Crippen LogP contribution is -2.43. The second-order valence-corrected chi connectivity index (χ2v) is 6.25. The van der Waals surface area contributed by atoms with Gasteiger partial charge in [0.25, 0.3) is 0 Å². The number of hydrogen-bond donors (Lipinski definition) is 2. The van der Waals surface area contributed by atoms with Gasteiger partial charge in [-0.15, -0.1) is 0 Å². The maximum atomic E-state index is 11.0. The van der Waals surface area contributed by atoms with Crippen molar-refractivity contribution in [1.82, 2.24) is 5.32 Å². The third kappa shape index (κ3) is 5.78. The number of hydrogen-bond acceptors (Lipinski definition) is 5. The zero-order valence-electron chi connectivity index (χ0n) is 11.9. The average Bonchev–Trinajstić information content (AvgIpc) is 2.36. The number of nitro benzene ring substituents is 1. The Hall–Kier alpha value is -0.890. The molecule has 2 N–H and O–H groups in total. The third-order valence-corrected chi connectivity index (χ3v) is 3.45. The predicted octanol–water partition coefficient (Wildman–Crippen LogP) is 3.14. The molecule has 1 aromatic carbocycles. The first-order chi connectivity index (χ1) is 9.76. The van der Waals surface area contributed by atoms with Crippen LogP contribution in [0.15, 0.2) is 16.6 Å². The van der Waals surface area contributed by atoms with Crippen molar-refractivity contribution < 1.29 is 14.8 Å². The quantitative estimate of drug-likeness (QED) is 0.410. The van der Waals surface area contributed by atoms with Crippen LogP contribution >= 0.6 is 27.5 Å². The van der Waals surface area contributed by atoms with E-state index in [9.17, 15) is 15.2 Å². The van der Waals surface area contributed by atoms with Crippen LogP contribution in [0.2, 0.25) is 5.02 Å². The normalized spacial score (nSPS) is 13.8. The molecule has 0 radical (unpaired) electrons. The average molecular weight is 382 g/mol. The van der Waals surface area contributed by atoms with Crippen molar-refractivity contribution in [1.29, 1.82) is 0 Å². The first kappa shape index (κ1) is 18.2. The number of nitrogens with zero attached hydrogens (tertiary/aromatic N) is 1. The predicted molar refractivity (Wildman–Crippen MR) is 85.1 cm³/mol. The highest BCUT2D eigenvalue weighted by Crippen LogP contribution is 2.38. The van der Waals surface area contributed by atoms with Gasteiger partial charge in [0.05, 0.1) is 9.40 Å². The van der Waals surface area contributed by atoms with E-state index in [4.69, 9.17) is 16.3 Å². The van der Waals surface area contributed by atoms with Crippen LogP contribution in [0.3, 0.4) is 0 Å². The van der Waals surface area contributed by atoms with E-state index in [1.807, 2.05) is 6.92 Å². The molecule has 118 valence electrons. The number of ether oxygens (including phenoxy) is 1. The molecular formula is C13H18BrClN2O4. The molecule has 0 heterocycles. The topological polar surface area (TPSA) is 84.6 Å². The number of nitro groups is 1. The molecule has 1 unspecified atom stereocenters. The summed E-state index contributed by atoms with van der Waals surface area (Å²) in [5.74, 6) is 0.0557. The Kier molecular flexibility index (Phi) is 6.86. The van der Waals surface area contributed by atoms with Gasteiger partial charge in [-0.25, -0.2) is 0 Å². The molecular weight excluding hydrogens is 364 g/mol. The summed E-state index contributed by atoms with van der Waals surface area (Å²) in [6.45, 7) is 4.66. The van der Waals surface area contributed by atoms with E-state index in [-0.39, 0.29) is 23.1 Å². The van der Waals surface area contributed by atoms with Gasteiger partial charge in [0.15, 0.2) is 0 Å². The standard InChI is InChI=1S/C13H18BrClN2O4/c1-3-4-16-7-13(2,18)8-21-12-10(14)5-9(15)6-11(12)17(19)20/h5-6,16,18H,3-4,7-8H2,1-2H3. The Labute approximate surface area is 136 Å². The maximum absolute atomic E-state index is 11.0. The maximum Gasteiger partial charge on any atom is 0.313 e. The first-order valence-corrected chi connectivity index (χ1v) is 7.63. The molecule has 0 aliphatic carbocycles. The lowest BCUT2D eigenvalue weighted by molar-refractivity contribution is -0.386. The summed E-state index contributed by atoms with van der Waals surface area (Å²) >= 11 is 8.98. The van der Waals surface area contributed by atoms with Crippen LogP contribution in [0.4, 0.5) is 5.69 Å². The molecule has 1 rings (SSSR count). The Balaban J connectivity index is 2.81. The minimum atomic E-state index is -1.14. The Morgan fingerprint density at radius 2 is 2.24 bits per heavy atom. The van der Waals surface area contributed by atoms with Crippen molar-refractivity contribution in [3.05, 3.63) is 31.7 Å². The van der Waals surface area contributed by atoms with Crippen LogP contribution in [0, 0.1) is 10.1 Å². The lowest BCUT2D eigenvalue weighted by Gasteiger charge is -2.24. The van der Waals surface area contributed by atoms with E-state index < -0.39 is 10.5 Å². The van der Waals surface area contributed by atoms with Crippen LogP contribution in [0.25, 0.3) is 0 Å². The second kappa shape index (κ2) is 7.93. The van der Waals surface area contributed by atoms with E-state index >= 15 is 0 Å². The number of nitrogens with one attached hydrogen (secondary N) is 1. The molecule has 21 heavy (non-hydrogen) atoms. The second-order valence-electron chi connectivity index (χ2n) is 4.96. The molecule has 8 heteroatoms. The van der Waals surface area contributed by atoms with E-state index in [0.29, 0.717) is 11.0 Å². The molecule has 0 aliphatic rings. The van der Waals surface area contributed by atoms with E-state index in [1.54, 1.807) is 6.92 Å². The van der Waals surface area contributed by atoms with Crippen molar-refractivity contribution in [3.63, 3.8) is 0 Å². The Bertz CT molecular complexity index is 511. The van der Waals surface area contributed by atoms with Crippen LogP contribution in [0.1, 0.15) is 20.3 Å². The summed E-state index contributed by atoms with van der Waals surface area (Å²) in [4.78, 5) is 10.5. The van der Waals surface area contributed by atoms with Gasteiger partial charge in [0.1, 0.15) is 12.2 Å². The summed E-state index contributed by atoms with van der Waals surface area (Å²) < 4.78 is 5.82. The summed E-state index contributed by atoms with van der Waals surface area (Å²) in [5.41, 5.74) is -1.38. The van der Waals surface area contributed by atoms with E-state index in [0.717, 1.165) is 13.0 Å². The van der Waals surface area contributed by atoms with Gasteiger partial charge in [-0.3, -0.25) is 10.1 Å². The molecule has 0 bridgehead atoms. The molecule has 0 spiro atoms. The molecule has 0 fully saturated rings. The van der Waals surface area contributed by atoms with Gasteiger partial charge in [-0.1, -0.05) is 18.5 Å². The van der Waals surface area contributed by atoms with Gasteiger partial charge in [0, 0.05) is 17.6 Å². The van der Waals surface area contributed by atoms with Crippen LogP contribution in [-0.4, -0.2) is 35.3 Å². The highest BCUT2D eigenvalue weighted by atomic mass is 79.9. The van der Waals surface area contributed by atoms with Crippen LogP contribution < -0.4 is 10.1 Å². The van der Waals surface area contributed by atoms with Crippen molar-refractivity contribution in [3.8, 4) is 5.75 Å². The van der Waals surface area contributed by atoms with E-state index in [2.05, 4.69) is 21.2 Å². The Morgan fingerprint density at radius 3 is 2.81 bits per heavy atom. The minimum absolute atomic E-state index is 0.0557. The van der Waals surface area contributed by atoms with Gasteiger partial charge in [-0.05, 0) is 41.9 Å². The molecule has 0 saturated heterocycles. The van der Waals surface area contributed by atoms with Crippen molar-refractivity contribution in [2.24, 2.45) is 0 Å². The lowest BCUT2D eigenvalue weighted by atomic mass is 10.1. The highest BCUT2D eigenvalue weighted by Gasteiger charge is 2.25. The van der Waals surface area contributed by atoms with E-state index in [1.165, 1.54) is 12.1 Å². The number of halogens is 2.